The number of piperidine rings is 1. The summed E-state index contributed by atoms with van der Waals surface area (Å²) in [5.74, 6) is 1.00. The van der Waals surface area contributed by atoms with Crippen molar-refractivity contribution >= 4 is 5.91 Å². The third-order valence-corrected chi connectivity index (χ3v) is 3.86. The number of nitrogens with zero attached hydrogens (tertiary/aromatic N) is 1. The number of hydrogen-bond donors (Lipinski definition) is 1. The Hall–Kier alpha value is -1.55. The van der Waals surface area contributed by atoms with Crippen LogP contribution in [-0.4, -0.2) is 35.5 Å². The van der Waals surface area contributed by atoms with E-state index in [1.165, 1.54) is 0 Å². The summed E-state index contributed by atoms with van der Waals surface area (Å²) in [4.78, 5) is 14.4. The van der Waals surface area contributed by atoms with Crippen molar-refractivity contribution in [2.75, 3.05) is 6.54 Å². The Bertz CT molecular complexity index is 487. The molecular weight excluding hydrogens is 264 g/mol. The van der Waals surface area contributed by atoms with Crippen molar-refractivity contribution in [2.24, 2.45) is 5.73 Å². The normalized spacial score (nSPS) is 22.4. The van der Waals surface area contributed by atoms with Gasteiger partial charge in [-0.2, -0.15) is 0 Å². The van der Waals surface area contributed by atoms with Gasteiger partial charge < -0.3 is 15.4 Å². The van der Waals surface area contributed by atoms with Crippen LogP contribution in [0.15, 0.2) is 24.3 Å². The summed E-state index contributed by atoms with van der Waals surface area (Å²) in [5.41, 5.74) is 6.95. The summed E-state index contributed by atoms with van der Waals surface area (Å²) in [6.45, 7) is 6.84. The van der Waals surface area contributed by atoms with Gasteiger partial charge in [-0.3, -0.25) is 4.79 Å². The highest BCUT2D eigenvalue weighted by Gasteiger charge is 2.26. The Morgan fingerprint density at radius 2 is 2.24 bits per heavy atom. The number of carbonyl (C=O) groups is 1. The lowest BCUT2D eigenvalue weighted by molar-refractivity contribution is -0.133. The minimum atomic E-state index is 0.138. The lowest BCUT2D eigenvalue weighted by Crippen LogP contribution is -2.48. The molecule has 2 rings (SSSR count). The van der Waals surface area contributed by atoms with E-state index < -0.39 is 0 Å². The molecule has 21 heavy (non-hydrogen) atoms. The number of ether oxygens (including phenoxy) is 1. The lowest BCUT2D eigenvalue weighted by Gasteiger charge is -2.36. The van der Waals surface area contributed by atoms with Crippen molar-refractivity contribution < 1.29 is 9.53 Å². The molecule has 1 fully saturated rings. The molecule has 4 nitrogen and oxygen atoms in total. The van der Waals surface area contributed by atoms with Crippen LogP contribution >= 0.6 is 0 Å². The number of benzene rings is 1. The SMILES string of the molecule is CC(C)Oc1cccc(CC(=O)N2CC[C@H](N)C[C@@H]2C)c1. The van der Waals surface area contributed by atoms with Gasteiger partial charge in [0.05, 0.1) is 12.5 Å². The van der Waals surface area contributed by atoms with E-state index in [9.17, 15) is 4.79 Å². The van der Waals surface area contributed by atoms with Gasteiger partial charge in [-0.1, -0.05) is 12.1 Å². The molecule has 0 aromatic heterocycles. The molecule has 1 heterocycles. The number of nitrogens with two attached hydrogens (primary N) is 1. The summed E-state index contributed by atoms with van der Waals surface area (Å²) < 4.78 is 5.68. The fourth-order valence-electron chi connectivity index (χ4n) is 2.86. The molecule has 1 aliphatic rings. The first kappa shape index (κ1) is 15.8. The van der Waals surface area contributed by atoms with E-state index >= 15 is 0 Å². The van der Waals surface area contributed by atoms with E-state index in [-0.39, 0.29) is 24.1 Å². The van der Waals surface area contributed by atoms with Crippen LogP contribution in [0.2, 0.25) is 0 Å². The van der Waals surface area contributed by atoms with Crippen LogP contribution in [0.4, 0.5) is 0 Å². The predicted octanol–water partition coefficient (Wildman–Crippen LogP) is 2.35. The van der Waals surface area contributed by atoms with Crippen molar-refractivity contribution in [1.82, 2.24) is 4.90 Å². The number of carbonyl (C=O) groups excluding carboxylic acids is 1. The minimum Gasteiger partial charge on any atom is -0.491 e. The second-order valence-electron chi connectivity index (χ2n) is 6.21. The molecule has 0 spiro atoms. The fraction of sp³-hybridized carbons (Fsp3) is 0.588. The largest absolute Gasteiger partial charge is 0.491 e. The Morgan fingerprint density at radius 3 is 2.90 bits per heavy atom. The molecule has 4 heteroatoms. The summed E-state index contributed by atoms with van der Waals surface area (Å²) in [6.07, 6.45) is 2.35. The maximum Gasteiger partial charge on any atom is 0.227 e. The first-order valence-corrected chi connectivity index (χ1v) is 7.76. The molecule has 116 valence electrons. The van der Waals surface area contributed by atoms with E-state index in [4.69, 9.17) is 10.5 Å². The van der Waals surface area contributed by atoms with E-state index in [2.05, 4.69) is 6.92 Å². The van der Waals surface area contributed by atoms with Gasteiger partial charge in [-0.15, -0.1) is 0 Å². The maximum atomic E-state index is 12.5. The quantitative estimate of drug-likeness (QED) is 0.926. The summed E-state index contributed by atoms with van der Waals surface area (Å²) >= 11 is 0. The lowest BCUT2D eigenvalue weighted by atomic mass is 9.98. The van der Waals surface area contributed by atoms with Gasteiger partial charge in [0.2, 0.25) is 5.91 Å². The van der Waals surface area contributed by atoms with Crippen LogP contribution in [-0.2, 0) is 11.2 Å². The van der Waals surface area contributed by atoms with Crippen LogP contribution in [0.3, 0.4) is 0 Å². The Morgan fingerprint density at radius 1 is 1.48 bits per heavy atom. The van der Waals surface area contributed by atoms with Crippen LogP contribution < -0.4 is 10.5 Å². The molecule has 1 saturated heterocycles. The average Bonchev–Trinajstić information content (AvgIpc) is 2.37. The van der Waals surface area contributed by atoms with Crippen LogP contribution in [0.5, 0.6) is 5.75 Å². The van der Waals surface area contributed by atoms with E-state index in [0.717, 1.165) is 30.7 Å². The monoisotopic (exact) mass is 290 g/mol. The van der Waals surface area contributed by atoms with Crippen LogP contribution in [0.1, 0.15) is 39.2 Å². The van der Waals surface area contributed by atoms with Gasteiger partial charge in [-0.05, 0) is 51.3 Å². The highest BCUT2D eigenvalue weighted by molar-refractivity contribution is 5.79. The molecular formula is C17H26N2O2. The first-order chi connectivity index (χ1) is 9.95. The average molecular weight is 290 g/mol. The summed E-state index contributed by atoms with van der Waals surface area (Å²) in [6, 6.07) is 8.26. The van der Waals surface area contributed by atoms with Gasteiger partial charge in [-0.25, -0.2) is 0 Å². The zero-order valence-corrected chi connectivity index (χ0v) is 13.2. The van der Waals surface area contributed by atoms with Gasteiger partial charge in [0, 0.05) is 18.6 Å². The van der Waals surface area contributed by atoms with Gasteiger partial charge >= 0.3 is 0 Å². The maximum absolute atomic E-state index is 12.5. The zero-order valence-electron chi connectivity index (χ0n) is 13.2. The summed E-state index contributed by atoms with van der Waals surface area (Å²) in [7, 11) is 0. The third-order valence-electron chi connectivity index (χ3n) is 3.86. The summed E-state index contributed by atoms with van der Waals surface area (Å²) in [5, 5.41) is 0. The molecule has 0 radical (unpaired) electrons. The number of amides is 1. The molecule has 2 N–H and O–H groups in total. The third kappa shape index (κ3) is 4.46. The first-order valence-electron chi connectivity index (χ1n) is 7.76. The molecule has 1 aromatic rings. The smallest absolute Gasteiger partial charge is 0.227 e. The fourth-order valence-corrected chi connectivity index (χ4v) is 2.86. The van der Waals surface area contributed by atoms with Crippen LogP contribution in [0, 0.1) is 0 Å². The van der Waals surface area contributed by atoms with Crippen LogP contribution in [0.25, 0.3) is 0 Å². The highest BCUT2D eigenvalue weighted by Crippen LogP contribution is 2.19. The molecule has 2 atom stereocenters. The Balaban J connectivity index is 1.99. The number of hydrogen-bond acceptors (Lipinski definition) is 3. The molecule has 1 amide bonds. The molecule has 0 unspecified atom stereocenters. The molecule has 0 saturated carbocycles. The number of likely N-dealkylation sites (tertiary alicyclic amines) is 1. The Kier molecular flexibility index (Phi) is 5.23. The van der Waals surface area contributed by atoms with Crippen molar-refractivity contribution in [2.45, 2.75) is 58.2 Å². The van der Waals surface area contributed by atoms with E-state index in [0.29, 0.717) is 6.42 Å². The second kappa shape index (κ2) is 6.94. The highest BCUT2D eigenvalue weighted by atomic mass is 16.5. The second-order valence-corrected chi connectivity index (χ2v) is 6.21. The minimum absolute atomic E-state index is 0.138. The van der Waals surface area contributed by atoms with Crippen molar-refractivity contribution in [3.8, 4) is 5.75 Å². The van der Waals surface area contributed by atoms with E-state index in [1.807, 2.05) is 43.0 Å². The standard InChI is InChI=1S/C17H26N2O2/c1-12(2)21-16-6-4-5-14(10-16)11-17(20)19-8-7-15(18)9-13(19)3/h4-6,10,12-13,15H,7-9,11,18H2,1-3H3/t13-,15-/m0/s1. The van der Waals surface area contributed by atoms with Gasteiger partial charge in [0.15, 0.2) is 0 Å². The molecule has 0 bridgehead atoms. The van der Waals surface area contributed by atoms with Crippen molar-refractivity contribution in [1.29, 1.82) is 0 Å². The topological polar surface area (TPSA) is 55.6 Å². The number of rotatable bonds is 4. The molecule has 1 aromatic carbocycles. The predicted molar refractivity (Wildman–Crippen MR) is 84.3 cm³/mol. The Labute approximate surface area is 127 Å². The zero-order chi connectivity index (χ0) is 15.4. The van der Waals surface area contributed by atoms with Gasteiger partial charge in [0.25, 0.3) is 0 Å². The van der Waals surface area contributed by atoms with Crippen molar-refractivity contribution in [3.05, 3.63) is 29.8 Å². The van der Waals surface area contributed by atoms with E-state index in [1.54, 1.807) is 0 Å². The molecule has 1 aliphatic heterocycles. The van der Waals surface area contributed by atoms with Gasteiger partial charge in [0.1, 0.15) is 5.75 Å². The molecule has 0 aliphatic carbocycles. The van der Waals surface area contributed by atoms with Crippen molar-refractivity contribution in [3.63, 3.8) is 0 Å².